The Balaban J connectivity index is 0.000000810. The molecule has 1 heterocycles. The summed E-state index contributed by atoms with van der Waals surface area (Å²) in [4.78, 5) is 3.78. The van der Waals surface area contributed by atoms with Gasteiger partial charge in [0.1, 0.15) is 10.8 Å². The highest BCUT2D eigenvalue weighted by molar-refractivity contribution is 6.31. The minimum absolute atomic E-state index is 0. The van der Waals surface area contributed by atoms with Crippen LogP contribution in [-0.2, 0) is 0 Å². The van der Waals surface area contributed by atoms with E-state index in [0.717, 1.165) is 0 Å². The van der Waals surface area contributed by atoms with Crippen molar-refractivity contribution in [1.82, 2.24) is 4.98 Å². The third kappa shape index (κ3) is 1.86. The number of hydrogen-bond donors (Lipinski definition) is 0. The Hall–Kier alpha value is -0.800. The molecule has 0 unspecified atom stereocenters. The summed E-state index contributed by atoms with van der Waals surface area (Å²) in [6.45, 7) is 0. The van der Waals surface area contributed by atoms with E-state index < -0.39 is 0 Å². The van der Waals surface area contributed by atoms with Gasteiger partial charge in [-0.2, -0.15) is 0 Å². The lowest BCUT2D eigenvalue weighted by atomic mass is 10.4. The van der Waals surface area contributed by atoms with Gasteiger partial charge in [0.05, 0.1) is 7.11 Å². The normalized spacial score (nSPS) is 8.20. The second-order valence-corrected chi connectivity index (χ2v) is 1.92. The third-order valence-electron chi connectivity index (χ3n) is 0.955. The first kappa shape index (κ1) is 9.20. The van der Waals surface area contributed by atoms with Crippen LogP contribution in [0.1, 0.15) is 0 Å². The van der Waals surface area contributed by atoms with Crippen molar-refractivity contribution in [3.05, 3.63) is 23.5 Å². The Kier molecular flexibility index (Phi) is 3.76. The van der Waals surface area contributed by atoms with E-state index in [4.69, 9.17) is 16.3 Å². The Morgan fingerprint density at radius 3 is 2.70 bits per heavy atom. The average Bonchev–Trinajstić information content (AvgIpc) is 1.89. The van der Waals surface area contributed by atoms with Crippen LogP contribution >= 0.6 is 11.6 Å². The lowest BCUT2D eigenvalue weighted by molar-refractivity contribution is 0.414. The molecule has 1 rings (SSSR count). The van der Waals surface area contributed by atoms with Crippen molar-refractivity contribution in [2.45, 2.75) is 0 Å². The van der Waals surface area contributed by atoms with Crippen LogP contribution in [0.5, 0.6) is 5.75 Å². The number of methoxy groups -OCH3 is 1. The maximum atomic E-state index is 5.64. The molecule has 0 spiro atoms. The van der Waals surface area contributed by atoms with E-state index in [2.05, 4.69) is 4.98 Å². The van der Waals surface area contributed by atoms with Gasteiger partial charge in [0, 0.05) is 12.4 Å². The van der Waals surface area contributed by atoms with Gasteiger partial charge in [0.25, 0.3) is 0 Å². The molecule has 0 saturated carbocycles. The molecular formula is C6H8ClNO2. The van der Waals surface area contributed by atoms with E-state index in [0.29, 0.717) is 10.8 Å². The first-order valence-electron chi connectivity index (χ1n) is 2.48. The Morgan fingerprint density at radius 2 is 2.30 bits per heavy atom. The SMILES string of the molecule is COc1ccncc1Cl.O. The number of halogens is 1. The van der Waals surface area contributed by atoms with Gasteiger partial charge >= 0.3 is 0 Å². The molecule has 0 amide bonds. The molecule has 0 fully saturated rings. The van der Waals surface area contributed by atoms with Gasteiger partial charge in [-0.15, -0.1) is 0 Å². The average molecular weight is 162 g/mol. The molecule has 0 bridgehead atoms. The summed E-state index contributed by atoms with van der Waals surface area (Å²) in [5.41, 5.74) is 0. The van der Waals surface area contributed by atoms with Crippen LogP contribution in [-0.4, -0.2) is 17.6 Å². The highest BCUT2D eigenvalue weighted by atomic mass is 35.5. The van der Waals surface area contributed by atoms with E-state index in [9.17, 15) is 0 Å². The summed E-state index contributed by atoms with van der Waals surface area (Å²) in [5.74, 6) is 0.659. The van der Waals surface area contributed by atoms with Crippen molar-refractivity contribution >= 4 is 11.6 Å². The largest absolute Gasteiger partial charge is 0.495 e. The number of rotatable bonds is 1. The summed E-state index contributed by atoms with van der Waals surface area (Å²) in [5, 5.41) is 0.542. The fourth-order valence-corrected chi connectivity index (χ4v) is 0.724. The Labute approximate surface area is 63.9 Å². The van der Waals surface area contributed by atoms with E-state index in [1.807, 2.05) is 0 Å². The molecule has 1 aromatic rings. The molecule has 3 nitrogen and oxygen atoms in total. The van der Waals surface area contributed by atoms with Gasteiger partial charge < -0.3 is 10.2 Å². The standard InChI is InChI=1S/C6H6ClNO.H2O/c1-9-6-2-3-8-4-5(6)7;/h2-4H,1H3;1H2. The quantitative estimate of drug-likeness (QED) is 0.615. The zero-order chi connectivity index (χ0) is 6.69. The highest BCUT2D eigenvalue weighted by Gasteiger charge is 1.94. The molecule has 0 aliphatic heterocycles. The minimum atomic E-state index is 0. The van der Waals surface area contributed by atoms with Gasteiger partial charge in [-0.05, 0) is 6.07 Å². The van der Waals surface area contributed by atoms with E-state index in [1.54, 1.807) is 25.6 Å². The molecule has 0 atom stereocenters. The highest BCUT2D eigenvalue weighted by Crippen LogP contribution is 2.20. The second-order valence-electron chi connectivity index (χ2n) is 1.51. The summed E-state index contributed by atoms with van der Waals surface area (Å²) in [7, 11) is 1.57. The van der Waals surface area contributed by atoms with Gasteiger partial charge in [-0.25, -0.2) is 0 Å². The van der Waals surface area contributed by atoms with Crippen LogP contribution < -0.4 is 4.74 Å². The molecule has 0 aliphatic rings. The van der Waals surface area contributed by atoms with Crippen LogP contribution in [0.15, 0.2) is 18.5 Å². The second kappa shape index (κ2) is 4.09. The number of ether oxygens (including phenoxy) is 1. The molecule has 4 heteroatoms. The van der Waals surface area contributed by atoms with Crippen LogP contribution in [0.3, 0.4) is 0 Å². The monoisotopic (exact) mass is 161 g/mol. The summed E-state index contributed by atoms with van der Waals surface area (Å²) in [6.07, 6.45) is 3.17. The van der Waals surface area contributed by atoms with Crippen LogP contribution in [0.25, 0.3) is 0 Å². The molecule has 0 aliphatic carbocycles. The lowest BCUT2D eigenvalue weighted by Gasteiger charge is -1.98. The molecule has 0 aromatic carbocycles. The minimum Gasteiger partial charge on any atom is -0.495 e. The Morgan fingerprint density at radius 1 is 1.60 bits per heavy atom. The van der Waals surface area contributed by atoms with Gasteiger partial charge in [0.2, 0.25) is 0 Å². The predicted octanol–water partition coefficient (Wildman–Crippen LogP) is 0.919. The molecule has 56 valence electrons. The Bertz CT molecular complexity index is 205. The molecular weight excluding hydrogens is 154 g/mol. The van der Waals surface area contributed by atoms with Crippen molar-refractivity contribution in [2.75, 3.05) is 7.11 Å². The van der Waals surface area contributed by atoms with Gasteiger partial charge in [-0.3, -0.25) is 4.98 Å². The van der Waals surface area contributed by atoms with Crippen LogP contribution in [0.4, 0.5) is 0 Å². The van der Waals surface area contributed by atoms with E-state index >= 15 is 0 Å². The third-order valence-corrected chi connectivity index (χ3v) is 1.24. The first-order valence-corrected chi connectivity index (χ1v) is 2.86. The number of nitrogens with zero attached hydrogens (tertiary/aromatic N) is 1. The van der Waals surface area contributed by atoms with Crippen molar-refractivity contribution in [1.29, 1.82) is 0 Å². The van der Waals surface area contributed by atoms with E-state index in [1.165, 1.54) is 0 Å². The van der Waals surface area contributed by atoms with Gasteiger partial charge in [-0.1, -0.05) is 11.6 Å². The molecule has 0 radical (unpaired) electrons. The molecule has 2 N–H and O–H groups in total. The fraction of sp³-hybridized carbons (Fsp3) is 0.167. The van der Waals surface area contributed by atoms with Crippen LogP contribution in [0, 0.1) is 0 Å². The topological polar surface area (TPSA) is 53.6 Å². The van der Waals surface area contributed by atoms with Crippen molar-refractivity contribution in [2.24, 2.45) is 0 Å². The summed E-state index contributed by atoms with van der Waals surface area (Å²) >= 11 is 5.64. The van der Waals surface area contributed by atoms with Gasteiger partial charge in [0.15, 0.2) is 0 Å². The number of hydrogen-bond acceptors (Lipinski definition) is 2. The molecule has 10 heavy (non-hydrogen) atoms. The van der Waals surface area contributed by atoms with Crippen molar-refractivity contribution in [3.63, 3.8) is 0 Å². The zero-order valence-corrected chi connectivity index (χ0v) is 6.22. The maximum absolute atomic E-state index is 5.64. The van der Waals surface area contributed by atoms with Crippen molar-refractivity contribution < 1.29 is 10.2 Å². The smallest absolute Gasteiger partial charge is 0.140 e. The first-order chi connectivity index (χ1) is 4.34. The predicted molar refractivity (Wildman–Crippen MR) is 39.4 cm³/mol. The zero-order valence-electron chi connectivity index (χ0n) is 5.47. The fourth-order valence-electron chi connectivity index (χ4n) is 0.528. The molecule has 1 aromatic heterocycles. The number of aromatic nitrogens is 1. The lowest BCUT2D eigenvalue weighted by Crippen LogP contribution is -1.83. The summed E-state index contributed by atoms with van der Waals surface area (Å²) < 4.78 is 4.87. The maximum Gasteiger partial charge on any atom is 0.140 e. The number of pyridine rings is 1. The molecule has 0 saturated heterocycles. The van der Waals surface area contributed by atoms with E-state index in [-0.39, 0.29) is 5.48 Å². The van der Waals surface area contributed by atoms with Crippen molar-refractivity contribution in [3.8, 4) is 5.75 Å². The summed E-state index contributed by atoms with van der Waals surface area (Å²) in [6, 6.07) is 1.71. The van der Waals surface area contributed by atoms with Crippen LogP contribution in [0.2, 0.25) is 5.02 Å².